The van der Waals surface area contributed by atoms with Gasteiger partial charge in [0.25, 0.3) is 0 Å². The van der Waals surface area contributed by atoms with E-state index in [1.165, 1.54) is 6.07 Å². The summed E-state index contributed by atoms with van der Waals surface area (Å²) < 4.78 is 11.0. The lowest BCUT2D eigenvalue weighted by atomic mass is 10.0. The second-order valence-electron chi connectivity index (χ2n) is 14.7. The smallest absolute Gasteiger partial charge is 0.354 e. The number of aromatic carboxylic acids is 2. The van der Waals surface area contributed by atoms with Gasteiger partial charge in [-0.3, -0.25) is 0 Å². The number of fused-ring (bicyclic) bond motifs is 4. The maximum absolute atomic E-state index is 11.8. The second-order valence-corrected chi connectivity index (χ2v) is 14.7. The fraction of sp³-hybridized carbons (Fsp3) is 0.256. The monoisotopic (exact) mass is 822 g/mol. The van der Waals surface area contributed by atoms with Crippen molar-refractivity contribution in [1.82, 2.24) is 39.9 Å². The Hall–Kier alpha value is -7.44. The molecule has 2 aliphatic rings. The number of carbonyl (C=O) groups is 2. The first-order valence-electron chi connectivity index (χ1n) is 19.7. The number of H-pyrrole nitrogens is 2. The van der Waals surface area contributed by atoms with Gasteiger partial charge < -0.3 is 49.7 Å². The summed E-state index contributed by atoms with van der Waals surface area (Å²) in [6, 6.07) is 18.8. The minimum Gasteiger partial charge on any atom is -0.477 e. The van der Waals surface area contributed by atoms with Gasteiger partial charge in [-0.15, -0.1) is 0 Å². The van der Waals surface area contributed by atoms with Crippen LogP contribution in [0.3, 0.4) is 0 Å². The first kappa shape index (κ1) is 39.0. The molecule has 310 valence electrons. The molecule has 2 saturated heterocycles. The summed E-state index contributed by atoms with van der Waals surface area (Å²) in [5.74, 6) is -1.02. The van der Waals surface area contributed by atoms with Crippen molar-refractivity contribution in [2.45, 2.75) is 0 Å². The summed E-state index contributed by atoms with van der Waals surface area (Å²) in [6.45, 7) is 5.21. The molecule has 18 nitrogen and oxygen atoms in total. The number of morpholine rings is 2. The van der Waals surface area contributed by atoms with Crippen molar-refractivity contribution in [2.24, 2.45) is 0 Å². The number of aromatic amines is 2. The molecule has 0 aliphatic carbocycles. The molecule has 2 aromatic carbocycles. The number of pyridine rings is 2. The molecule has 18 heteroatoms. The highest BCUT2D eigenvalue weighted by molar-refractivity contribution is 6.07. The average Bonchev–Trinajstić information content (AvgIpc) is 3.99. The van der Waals surface area contributed by atoms with E-state index in [0.29, 0.717) is 109 Å². The number of nitrogens with one attached hydrogen (secondary N) is 3. The van der Waals surface area contributed by atoms with E-state index in [4.69, 9.17) is 29.4 Å². The number of hydrogen-bond donors (Lipinski definition) is 5. The lowest BCUT2D eigenvalue weighted by Gasteiger charge is -2.28. The van der Waals surface area contributed by atoms with Gasteiger partial charge in [0.05, 0.1) is 37.8 Å². The van der Waals surface area contributed by atoms with Crippen molar-refractivity contribution in [3.05, 3.63) is 84.4 Å². The van der Waals surface area contributed by atoms with Crippen molar-refractivity contribution in [1.29, 1.82) is 0 Å². The zero-order valence-electron chi connectivity index (χ0n) is 33.6. The fourth-order valence-corrected chi connectivity index (χ4v) is 7.69. The molecule has 5 N–H and O–H groups in total. The van der Waals surface area contributed by atoms with Crippen LogP contribution < -0.4 is 20.0 Å². The molecular formula is C43H42N12O6. The number of benzene rings is 2. The van der Waals surface area contributed by atoms with E-state index in [-0.39, 0.29) is 11.4 Å². The van der Waals surface area contributed by atoms with E-state index in [0.717, 1.165) is 32.9 Å². The van der Waals surface area contributed by atoms with Crippen molar-refractivity contribution < 1.29 is 29.3 Å². The van der Waals surface area contributed by atoms with Crippen LogP contribution in [0.1, 0.15) is 21.0 Å². The molecule has 61 heavy (non-hydrogen) atoms. The van der Waals surface area contributed by atoms with Crippen LogP contribution in [0.15, 0.2) is 73.1 Å². The maximum atomic E-state index is 11.8. The molecule has 2 aliphatic heterocycles. The maximum Gasteiger partial charge on any atom is 0.354 e. The lowest BCUT2D eigenvalue weighted by molar-refractivity contribution is 0.0680. The highest BCUT2D eigenvalue weighted by atomic mass is 16.5. The van der Waals surface area contributed by atoms with E-state index in [1.807, 2.05) is 79.9 Å². The molecule has 0 amide bonds. The summed E-state index contributed by atoms with van der Waals surface area (Å²) in [6.07, 6.45) is 3.75. The van der Waals surface area contributed by atoms with Crippen LogP contribution in [-0.2, 0) is 9.47 Å². The largest absolute Gasteiger partial charge is 0.477 e. The highest BCUT2D eigenvalue weighted by Crippen LogP contribution is 2.37. The SMILES string of the molecule is CN(C)c1cc(C(=O)O)nc2c(-c3cccc4[nH]ccc34)nc(N3CCOCC3)nc12.CNc1cc(C(=O)O)nc2c(-c3cccc4[nH]ccc34)nc(N3CCOCC3)nc12. The van der Waals surface area contributed by atoms with Gasteiger partial charge in [0.15, 0.2) is 11.4 Å². The zero-order chi connectivity index (χ0) is 42.2. The van der Waals surface area contributed by atoms with Crippen molar-refractivity contribution >= 4 is 79.1 Å². The van der Waals surface area contributed by atoms with Gasteiger partial charge >= 0.3 is 11.9 Å². The Morgan fingerprint density at radius 2 is 1.11 bits per heavy atom. The summed E-state index contributed by atoms with van der Waals surface area (Å²) >= 11 is 0. The third kappa shape index (κ3) is 7.42. The molecule has 0 unspecified atom stereocenters. The number of nitrogens with zero attached hydrogens (tertiary/aromatic N) is 9. The van der Waals surface area contributed by atoms with Crippen LogP contribution in [0.2, 0.25) is 0 Å². The molecule has 8 aromatic rings. The first-order valence-corrected chi connectivity index (χ1v) is 19.7. The predicted octanol–water partition coefficient (Wildman–Crippen LogP) is 5.52. The minimum atomic E-state index is -1.10. The third-order valence-corrected chi connectivity index (χ3v) is 10.7. The zero-order valence-corrected chi connectivity index (χ0v) is 33.6. The van der Waals surface area contributed by atoms with Crippen molar-refractivity contribution in [3.63, 3.8) is 0 Å². The van der Waals surface area contributed by atoms with E-state index in [1.54, 1.807) is 13.1 Å². The van der Waals surface area contributed by atoms with Crippen LogP contribution in [0.4, 0.5) is 23.3 Å². The van der Waals surface area contributed by atoms with E-state index >= 15 is 0 Å². The molecule has 0 bridgehead atoms. The van der Waals surface area contributed by atoms with Crippen molar-refractivity contribution in [2.75, 3.05) is 93.8 Å². The van der Waals surface area contributed by atoms with E-state index in [2.05, 4.69) is 35.1 Å². The van der Waals surface area contributed by atoms with Crippen molar-refractivity contribution in [3.8, 4) is 22.5 Å². The third-order valence-electron chi connectivity index (χ3n) is 10.7. The Balaban J connectivity index is 0.000000156. The molecule has 0 spiro atoms. The van der Waals surface area contributed by atoms with Crippen LogP contribution >= 0.6 is 0 Å². The average molecular weight is 823 g/mol. The normalized spacial score (nSPS) is 14.3. The molecule has 6 aromatic heterocycles. The number of carboxylic acids is 2. The number of aromatic nitrogens is 8. The summed E-state index contributed by atoms with van der Waals surface area (Å²) in [5, 5.41) is 24.3. The number of anilines is 4. The number of rotatable bonds is 8. The predicted molar refractivity (Wildman–Crippen MR) is 233 cm³/mol. The van der Waals surface area contributed by atoms with Crippen LogP contribution in [0.5, 0.6) is 0 Å². The Morgan fingerprint density at radius 3 is 1.59 bits per heavy atom. The van der Waals surface area contributed by atoms with Gasteiger partial charge in [-0.2, -0.15) is 0 Å². The number of hydrogen-bond acceptors (Lipinski definition) is 14. The lowest BCUT2D eigenvalue weighted by Crippen LogP contribution is -2.37. The summed E-state index contributed by atoms with van der Waals surface area (Å²) in [5.41, 5.74) is 8.20. The Labute approximate surface area is 348 Å². The molecule has 0 saturated carbocycles. The fourth-order valence-electron chi connectivity index (χ4n) is 7.69. The molecule has 10 rings (SSSR count). The first-order chi connectivity index (χ1) is 29.7. The van der Waals surface area contributed by atoms with Crippen LogP contribution in [-0.4, -0.2) is 136 Å². The van der Waals surface area contributed by atoms with Gasteiger partial charge in [0.1, 0.15) is 33.5 Å². The van der Waals surface area contributed by atoms with Gasteiger partial charge in [-0.25, -0.2) is 39.5 Å². The topological polar surface area (TPSA) is 224 Å². The van der Waals surface area contributed by atoms with Gasteiger partial charge in [0.2, 0.25) is 11.9 Å². The quantitative estimate of drug-likeness (QED) is 0.127. The highest BCUT2D eigenvalue weighted by Gasteiger charge is 2.25. The molecule has 0 radical (unpaired) electrons. The Kier molecular flexibility index (Phi) is 10.4. The summed E-state index contributed by atoms with van der Waals surface area (Å²) in [4.78, 5) is 64.2. The standard InChI is InChI=1S/C22H22N6O3.C21H20N6O3/c1-27(2)17-12-16(21(29)30)24-20-18(14-4-3-5-15-13(14)6-7-23-15)25-22(26-19(17)20)28-8-10-31-11-9-28;1-22-15-11-16(20(28)29)24-19-17(13-3-2-4-14-12(13)5-6-23-14)25-21(26-18(15)19)27-7-9-30-10-8-27/h3-7,12,23H,8-11H2,1-2H3,(H,29,30);2-6,11,23H,7-10H2,1H3,(H,22,24)(H,28,29). The second kappa shape index (κ2) is 16.3. The minimum absolute atomic E-state index is 0.0404. The van der Waals surface area contributed by atoms with E-state index in [9.17, 15) is 19.8 Å². The van der Waals surface area contributed by atoms with Gasteiger partial charge in [-0.1, -0.05) is 24.3 Å². The Morgan fingerprint density at radius 1 is 0.639 bits per heavy atom. The number of carboxylic acid groups (broad SMARTS) is 2. The summed E-state index contributed by atoms with van der Waals surface area (Å²) in [7, 11) is 5.47. The molecule has 0 atom stereocenters. The van der Waals surface area contributed by atoms with E-state index < -0.39 is 11.9 Å². The van der Waals surface area contributed by atoms with Gasteiger partial charge in [0, 0.05) is 92.6 Å². The Bertz CT molecular complexity index is 2950. The number of ether oxygens (including phenoxy) is 2. The van der Waals surface area contributed by atoms with Crippen LogP contribution in [0.25, 0.3) is 66.4 Å². The van der Waals surface area contributed by atoms with Gasteiger partial charge in [-0.05, 0) is 36.4 Å². The molecule has 8 heterocycles. The molecular weight excluding hydrogens is 781 g/mol. The molecule has 2 fully saturated rings. The van der Waals surface area contributed by atoms with Crippen LogP contribution in [0, 0.1) is 0 Å².